The zero-order valence-electron chi connectivity index (χ0n) is 20.9. The van der Waals surface area contributed by atoms with E-state index in [1.807, 2.05) is 46.7 Å². The average Bonchev–Trinajstić information content (AvgIpc) is 3.53. The minimum atomic E-state index is -0.118. The van der Waals surface area contributed by atoms with Crippen molar-refractivity contribution in [1.82, 2.24) is 29.4 Å². The summed E-state index contributed by atoms with van der Waals surface area (Å²) in [5.41, 5.74) is 3.06. The molecule has 2 aliphatic rings. The summed E-state index contributed by atoms with van der Waals surface area (Å²) < 4.78 is 1.83. The number of carbonyl (C=O) groups excluding carboxylic acids is 1. The Hall–Kier alpha value is -3.75. The lowest BCUT2D eigenvalue weighted by Gasteiger charge is -2.33. The Bertz CT molecular complexity index is 1350. The first kappa shape index (κ1) is 24.0. The van der Waals surface area contributed by atoms with Crippen molar-refractivity contribution in [2.75, 3.05) is 24.5 Å². The number of likely N-dealkylation sites (tertiary alicyclic amines) is 1. The Morgan fingerprint density at radius 1 is 1.17 bits per heavy atom. The second-order valence-corrected chi connectivity index (χ2v) is 9.43. The van der Waals surface area contributed by atoms with Gasteiger partial charge in [0, 0.05) is 37.9 Å². The highest BCUT2D eigenvalue weighted by Gasteiger charge is 2.32. The monoisotopic (exact) mass is 487 g/mol. The molecular formula is C27H33N7O2. The highest BCUT2D eigenvalue weighted by atomic mass is 16.2. The molecule has 2 saturated heterocycles. The average molecular weight is 488 g/mol. The predicted molar refractivity (Wildman–Crippen MR) is 140 cm³/mol. The van der Waals surface area contributed by atoms with Crippen LogP contribution in [0.5, 0.6) is 0 Å². The van der Waals surface area contributed by atoms with Crippen molar-refractivity contribution < 1.29 is 4.79 Å². The van der Waals surface area contributed by atoms with Gasteiger partial charge in [-0.2, -0.15) is 0 Å². The van der Waals surface area contributed by atoms with Crippen LogP contribution in [0, 0.1) is 0 Å². The molecule has 2 aliphatic heterocycles. The van der Waals surface area contributed by atoms with Crippen LogP contribution in [0.1, 0.15) is 62.5 Å². The van der Waals surface area contributed by atoms with Crippen molar-refractivity contribution in [3.63, 3.8) is 0 Å². The summed E-state index contributed by atoms with van der Waals surface area (Å²) in [6.07, 6.45) is 13.9. The van der Waals surface area contributed by atoms with Gasteiger partial charge >= 0.3 is 5.69 Å². The van der Waals surface area contributed by atoms with Gasteiger partial charge in [0.2, 0.25) is 0 Å². The molecule has 0 aliphatic carbocycles. The van der Waals surface area contributed by atoms with Crippen molar-refractivity contribution in [2.24, 2.45) is 0 Å². The van der Waals surface area contributed by atoms with Crippen LogP contribution >= 0.6 is 0 Å². The number of piperidine rings is 1. The molecule has 9 heteroatoms. The number of nitrogens with one attached hydrogen (secondary N) is 1. The van der Waals surface area contributed by atoms with Crippen LogP contribution in [0.2, 0.25) is 0 Å². The quantitative estimate of drug-likeness (QED) is 0.530. The molecule has 188 valence electrons. The Morgan fingerprint density at radius 3 is 2.78 bits per heavy atom. The maximum Gasteiger partial charge on any atom is 0.327 e. The maximum atomic E-state index is 13.5. The molecule has 9 nitrogen and oxygen atoms in total. The van der Waals surface area contributed by atoms with Gasteiger partial charge in [0.15, 0.2) is 5.65 Å². The van der Waals surface area contributed by atoms with Gasteiger partial charge in [0.05, 0.1) is 11.6 Å². The van der Waals surface area contributed by atoms with Crippen molar-refractivity contribution in [3.05, 3.63) is 70.7 Å². The lowest BCUT2D eigenvalue weighted by Crippen LogP contribution is -2.38. The van der Waals surface area contributed by atoms with Crippen LogP contribution in [0.4, 0.5) is 5.82 Å². The smallest absolute Gasteiger partial charge is 0.327 e. The van der Waals surface area contributed by atoms with Crippen molar-refractivity contribution >= 4 is 22.9 Å². The normalized spacial score (nSPS) is 19.6. The van der Waals surface area contributed by atoms with Crippen LogP contribution in [-0.2, 0) is 0 Å². The van der Waals surface area contributed by atoms with Crippen LogP contribution < -0.4 is 10.6 Å². The number of nitrogens with zero attached hydrogens (tertiary/aromatic N) is 6. The number of aromatic nitrogens is 5. The highest BCUT2D eigenvalue weighted by Crippen LogP contribution is 2.29. The second kappa shape index (κ2) is 10.5. The van der Waals surface area contributed by atoms with E-state index in [0.29, 0.717) is 11.3 Å². The van der Waals surface area contributed by atoms with Crippen LogP contribution in [-0.4, -0.2) is 61.0 Å². The first-order valence-corrected chi connectivity index (χ1v) is 12.9. The molecule has 0 radical (unpaired) electrons. The highest BCUT2D eigenvalue weighted by molar-refractivity contribution is 5.93. The molecule has 3 aromatic heterocycles. The van der Waals surface area contributed by atoms with E-state index in [2.05, 4.69) is 37.8 Å². The number of rotatable bonds is 6. The first-order chi connectivity index (χ1) is 17.6. The topological polar surface area (TPSA) is 100 Å². The number of H-pyrrole nitrogens is 1. The molecule has 1 amide bonds. The third kappa shape index (κ3) is 4.57. The number of fused-ring (bicyclic) bond motifs is 1. The summed E-state index contributed by atoms with van der Waals surface area (Å²) in [6.45, 7) is 6.38. The molecule has 1 atom stereocenters. The number of allylic oxidation sites excluding steroid dienone is 3. The van der Waals surface area contributed by atoms with E-state index in [1.165, 1.54) is 11.9 Å². The van der Waals surface area contributed by atoms with Gasteiger partial charge in [-0.15, -0.1) is 0 Å². The maximum absolute atomic E-state index is 13.5. The van der Waals surface area contributed by atoms with Crippen molar-refractivity contribution in [3.8, 4) is 0 Å². The van der Waals surface area contributed by atoms with Crippen LogP contribution in [0.3, 0.4) is 0 Å². The molecule has 0 aromatic carbocycles. The fourth-order valence-electron chi connectivity index (χ4n) is 5.54. The minimum Gasteiger partial charge on any atom is -0.356 e. The lowest BCUT2D eigenvalue weighted by atomic mass is 10.0. The summed E-state index contributed by atoms with van der Waals surface area (Å²) in [5, 5.41) is 0. The van der Waals surface area contributed by atoms with E-state index in [0.717, 1.165) is 63.1 Å². The number of anilines is 1. The predicted octanol–water partition coefficient (Wildman–Crippen LogP) is 3.87. The summed E-state index contributed by atoms with van der Waals surface area (Å²) >= 11 is 0. The lowest BCUT2D eigenvalue weighted by molar-refractivity contribution is 0.0748. The van der Waals surface area contributed by atoms with E-state index in [1.54, 1.807) is 6.20 Å². The molecule has 5 rings (SSSR count). The second-order valence-electron chi connectivity index (χ2n) is 9.43. The number of amides is 1. The SMILES string of the molecule is C/C=C\C=C(/CC)C1CCCN1C(=O)c1cc(N2CCC(n3c(=O)[nH]c4ncccc43)CC2)ncn1. The molecule has 5 heterocycles. The Morgan fingerprint density at radius 2 is 2.00 bits per heavy atom. The van der Waals surface area contributed by atoms with E-state index in [-0.39, 0.29) is 23.7 Å². The molecule has 0 saturated carbocycles. The van der Waals surface area contributed by atoms with Gasteiger partial charge in [-0.05, 0) is 56.7 Å². The summed E-state index contributed by atoms with van der Waals surface area (Å²) in [7, 11) is 0. The summed E-state index contributed by atoms with van der Waals surface area (Å²) in [4.78, 5) is 46.1. The van der Waals surface area contributed by atoms with Crippen LogP contribution in [0.15, 0.2) is 59.3 Å². The molecule has 2 fully saturated rings. The van der Waals surface area contributed by atoms with Crippen molar-refractivity contribution in [2.45, 2.75) is 58.0 Å². The van der Waals surface area contributed by atoms with Crippen LogP contribution in [0.25, 0.3) is 11.2 Å². The molecule has 0 spiro atoms. The Labute approximate surface area is 210 Å². The third-order valence-corrected chi connectivity index (χ3v) is 7.37. The minimum absolute atomic E-state index is 0.0336. The number of hydrogen-bond donors (Lipinski definition) is 1. The van der Waals surface area contributed by atoms with E-state index in [4.69, 9.17) is 0 Å². The van der Waals surface area contributed by atoms with E-state index >= 15 is 0 Å². The molecule has 0 bridgehead atoms. The van der Waals surface area contributed by atoms with E-state index in [9.17, 15) is 9.59 Å². The molecular weight excluding hydrogens is 454 g/mol. The molecule has 1 unspecified atom stereocenters. The number of hydrogen-bond acceptors (Lipinski definition) is 6. The zero-order valence-corrected chi connectivity index (χ0v) is 20.9. The third-order valence-electron chi connectivity index (χ3n) is 7.37. The fourth-order valence-corrected chi connectivity index (χ4v) is 5.54. The van der Waals surface area contributed by atoms with Gasteiger partial charge in [0.1, 0.15) is 17.8 Å². The molecule has 36 heavy (non-hydrogen) atoms. The standard InChI is InChI=1S/C27H33N7O2/c1-3-5-8-19(4-2)22-10-7-14-33(22)26(35)21-17-24(30-18-29-21)32-15-11-20(12-16-32)34-23-9-6-13-28-25(23)31-27(34)36/h3,5-6,8-9,13,17-18,20,22H,4,7,10-12,14-16H2,1-2H3,(H,28,31,36)/b5-3-,19-8+. The van der Waals surface area contributed by atoms with Gasteiger partial charge in [-0.25, -0.2) is 19.7 Å². The fraction of sp³-hybridized carbons (Fsp3) is 0.444. The first-order valence-electron chi connectivity index (χ1n) is 12.9. The number of aromatic amines is 1. The zero-order chi connectivity index (χ0) is 25.1. The Kier molecular flexibility index (Phi) is 6.97. The van der Waals surface area contributed by atoms with Crippen molar-refractivity contribution in [1.29, 1.82) is 0 Å². The molecule has 3 aromatic rings. The van der Waals surface area contributed by atoms with Gasteiger partial charge in [-0.3, -0.25) is 14.3 Å². The summed E-state index contributed by atoms with van der Waals surface area (Å²) in [5.74, 6) is 0.726. The summed E-state index contributed by atoms with van der Waals surface area (Å²) in [6, 6.07) is 5.82. The largest absolute Gasteiger partial charge is 0.356 e. The van der Waals surface area contributed by atoms with Gasteiger partial charge in [-0.1, -0.05) is 25.2 Å². The van der Waals surface area contributed by atoms with Gasteiger partial charge in [0.25, 0.3) is 5.91 Å². The number of carbonyl (C=O) groups is 1. The van der Waals surface area contributed by atoms with E-state index < -0.39 is 0 Å². The number of imidazole rings is 1. The number of pyridine rings is 1. The van der Waals surface area contributed by atoms with Gasteiger partial charge < -0.3 is 9.80 Å². The molecule has 1 N–H and O–H groups in total. The Balaban J connectivity index is 1.30.